The van der Waals surface area contributed by atoms with Gasteiger partial charge in [-0.3, -0.25) is 9.88 Å². The molecular weight excluding hydrogens is 280 g/mol. The van der Waals surface area contributed by atoms with Gasteiger partial charge in [0.2, 0.25) is 0 Å². The summed E-state index contributed by atoms with van der Waals surface area (Å²) in [6, 6.07) is 5.36. The first-order chi connectivity index (χ1) is 10.4. The summed E-state index contributed by atoms with van der Waals surface area (Å²) in [6.07, 6.45) is 1.96. The molecule has 0 fully saturated rings. The smallest absolute Gasteiger partial charge is 0.0516 e. The highest BCUT2D eigenvalue weighted by Crippen LogP contribution is 2.54. The number of pyridine rings is 1. The second-order valence-electron chi connectivity index (χ2n) is 9.50. The van der Waals surface area contributed by atoms with Crippen LogP contribution in [-0.2, 0) is 11.0 Å². The van der Waals surface area contributed by atoms with Crippen LogP contribution in [0.2, 0.25) is 0 Å². The maximum Gasteiger partial charge on any atom is 0.0516 e. The lowest BCUT2D eigenvalue weighted by Gasteiger charge is -2.54. The van der Waals surface area contributed by atoms with Gasteiger partial charge < -0.3 is 0 Å². The van der Waals surface area contributed by atoms with Crippen molar-refractivity contribution in [2.45, 2.75) is 92.3 Å². The van der Waals surface area contributed by atoms with Gasteiger partial charge in [-0.1, -0.05) is 47.6 Å². The summed E-state index contributed by atoms with van der Waals surface area (Å²) in [5, 5.41) is 0. The van der Waals surface area contributed by atoms with Crippen LogP contribution < -0.4 is 0 Å². The average molecular weight is 317 g/mol. The molecule has 0 bridgehead atoms. The molecule has 1 aromatic rings. The van der Waals surface area contributed by atoms with Gasteiger partial charge in [-0.15, -0.1) is 0 Å². The van der Waals surface area contributed by atoms with Crippen LogP contribution in [-0.4, -0.2) is 22.0 Å². The lowest BCUT2D eigenvalue weighted by Crippen LogP contribution is -2.59. The molecule has 2 heterocycles. The third-order valence-corrected chi connectivity index (χ3v) is 6.54. The van der Waals surface area contributed by atoms with Gasteiger partial charge in [0.1, 0.15) is 0 Å². The molecule has 0 aromatic carbocycles. The van der Waals surface area contributed by atoms with Crippen molar-refractivity contribution in [2.24, 2.45) is 11.3 Å². The van der Waals surface area contributed by atoms with Crippen molar-refractivity contribution >= 4 is 0 Å². The fourth-order valence-corrected chi connectivity index (χ4v) is 5.03. The van der Waals surface area contributed by atoms with Crippen LogP contribution in [0.1, 0.15) is 80.5 Å². The zero-order valence-corrected chi connectivity index (χ0v) is 16.9. The van der Waals surface area contributed by atoms with E-state index in [1.54, 1.807) is 0 Å². The van der Waals surface area contributed by atoms with Crippen LogP contribution in [0.15, 0.2) is 18.3 Å². The molecule has 1 atom stereocenters. The maximum absolute atomic E-state index is 4.88. The molecule has 0 saturated heterocycles. The van der Waals surface area contributed by atoms with Gasteiger partial charge in [0, 0.05) is 29.2 Å². The van der Waals surface area contributed by atoms with E-state index in [1.807, 2.05) is 6.20 Å². The molecule has 1 aliphatic rings. The van der Waals surface area contributed by atoms with E-state index in [-0.39, 0.29) is 16.4 Å². The Balaban J connectivity index is 2.88. The Morgan fingerprint density at radius 2 is 1.57 bits per heavy atom. The van der Waals surface area contributed by atoms with Crippen LogP contribution in [0.25, 0.3) is 0 Å². The summed E-state index contributed by atoms with van der Waals surface area (Å²) in [6.45, 7) is 23.8. The van der Waals surface area contributed by atoms with E-state index in [9.17, 15) is 0 Å². The van der Waals surface area contributed by atoms with Crippen LogP contribution in [0.5, 0.6) is 0 Å². The third-order valence-electron chi connectivity index (χ3n) is 6.54. The van der Waals surface area contributed by atoms with Gasteiger partial charge in [0.05, 0.1) is 5.69 Å². The van der Waals surface area contributed by atoms with Crippen LogP contribution in [0.3, 0.4) is 0 Å². The SMILES string of the molecule is CC(C)C1N(C(C)C)C(C)(C)c2cccnc2C(C)(C)C1(C)C. The minimum absolute atomic E-state index is 0.0133. The quantitative estimate of drug-likeness (QED) is 0.729. The van der Waals surface area contributed by atoms with Crippen molar-refractivity contribution in [1.82, 2.24) is 9.88 Å². The largest absolute Gasteiger partial charge is 0.288 e. The number of hydrogen-bond acceptors (Lipinski definition) is 2. The molecular formula is C21H36N2. The van der Waals surface area contributed by atoms with Crippen molar-refractivity contribution in [3.63, 3.8) is 0 Å². The third kappa shape index (κ3) is 2.54. The highest BCUT2D eigenvalue weighted by atomic mass is 15.3. The maximum atomic E-state index is 4.88. The Kier molecular flexibility index (Phi) is 4.48. The zero-order valence-electron chi connectivity index (χ0n) is 16.9. The predicted molar refractivity (Wildman–Crippen MR) is 99.7 cm³/mol. The van der Waals surface area contributed by atoms with E-state index in [0.29, 0.717) is 18.0 Å². The molecule has 23 heavy (non-hydrogen) atoms. The molecule has 0 N–H and O–H groups in total. The molecule has 2 rings (SSSR count). The molecule has 2 heteroatoms. The molecule has 0 radical (unpaired) electrons. The normalized spacial score (nSPS) is 26.2. The molecule has 0 aliphatic carbocycles. The second-order valence-corrected chi connectivity index (χ2v) is 9.50. The predicted octanol–water partition coefficient (Wildman–Crippen LogP) is 5.37. The molecule has 0 saturated carbocycles. The molecule has 0 spiro atoms. The number of nitrogens with zero attached hydrogens (tertiary/aromatic N) is 2. The monoisotopic (exact) mass is 316 g/mol. The standard InChI is InChI=1S/C21H36N2/c1-14(2)18-20(7,8)19(5,6)17-16(12-11-13-22-17)21(9,10)23(18)15(3)4/h11-15,18H,1-10H3. The molecule has 2 nitrogen and oxygen atoms in total. The van der Waals surface area contributed by atoms with Crippen LogP contribution in [0, 0.1) is 11.3 Å². The molecule has 1 aliphatic heterocycles. The van der Waals surface area contributed by atoms with Gasteiger partial charge in [-0.25, -0.2) is 0 Å². The first-order valence-corrected chi connectivity index (χ1v) is 9.11. The van der Waals surface area contributed by atoms with Gasteiger partial charge in [-0.05, 0) is 50.7 Å². The highest BCUT2D eigenvalue weighted by molar-refractivity contribution is 5.37. The van der Waals surface area contributed by atoms with Gasteiger partial charge in [0.25, 0.3) is 0 Å². The first kappa shape index (κ1) is 18.4. The fraction of sp³-hybridized carbons (Fsp3) is 0.762. The summed E-state index contributed by atoms with van der Waals surface area (Å²) in [5.74, 6) is 0.584. The Bertz CT molecular complexity index is 567. The number of fused-ring (bicyclic) bond motifs is 1. The van der Waals surface area contributed by atoms with E-state index >= 15 is 0 Å². The van der Waals surface area contributed by atoms with Gasteiger partial charge in [0.15, 0.2) is 0 Å². The summed E-state index contributed by atoms with van der Waals surface area (Å²) < 4.78 is 0. The van der Waals surface area contributed by atoms with Gasteiger partial charge in [-0.2, -0.15) is 0 Å². The number of aromatic nitrogens is 1. The molecule has 1 aromatic heterocycles. The van der Waals surface area contributed by atoms with E-state index < -0.39 is 0 Å². The average Bonchev–Trinajstić information content (AvgIpc) is 2.45. The van der Waals surface area contributed by atoms with E-state index in [0.717, 1.165) is 0 Å². The van der Waals surface area contributed by atoms with E-state index in [1.165, 1.54) is 11.3 Å². The molecule has 1 unspecified atom stereocenters. The topological polar surface area (TPSA) is 16.1 Å². The van der Waals surface area contributed by atoms with E-state index in [4.69, 9.17) is 4.98 Å². The fourth-order valence-electron chi connectivity index (χ4n) is 5.03. The van der Waals surface area contributed by atoms with Crippen molar-refractivity contribution in [3.05, 3.63) is 29.6 Å². The highest BCUT2D eigenvalue weighted by Gasteiger charge is 2.56. The summed E-state index contributed by atoms with van der Waals surface area (Å²) in [4.78, 5) is 7.63. The minimum atomic E-state index is -0.0300. The van der Waals surface area contributed by atoms with Crippen molar-refractivity contribution in [3.8, 4) is 0 Å². The summed E-state index contributed by atoms with van der Waals surface area (Å²) in [7, 11) is 0. The Labute approximate surface area is 143 Å². The van der Waals surface area contributed by atoms with E-state index in [2.05, 4.69) is 86.3 Å². The Morgan fingerprint density at radius 1 is 1.00 bits per heavy atom. The summed E-state index contributed by atoms with van der Waals surface area (Å²) >= 11 is 0. The van der Waals surface area contributed by atoms with Crippen molar-refractivity contribution < 1.29 is 0 Å². The molecule has 0 amide bonds. The number of rotatable bonds is 2. The zero-order chi connectivity index (χ0) is 17.8. The molecule has 130 valence electrons. The van der Waals surface area contributed by atoms with Crippen LogP contribution in [0.4, 0.5) is 0 Å². The minimum Gasteiger partial charge on any atom is -0.288 e. The number of hydrogen-bond donors (Lipinski definition) is 0. The second kappa shape index (κ2) is 5.58. The van der Waals surface area contributed by atoms with Crippen LogP contribution >= 0.6 is 0 Å². The Hall–Kier alpha value is -0.890. The lowest BCUT2D eigenvalue weighted by molar-refractivity contribution is -0.0569. The summed E-state index contributed by atoms with van der Waals surface area (Å²) in [5.41, 5.74) is 2.75. The van der Waals surface area contributed by atoms with Crippen molar-refractivity contribution in [1.29, 1.82) is 0 Å². The Morgan fingerprint density at radius 3 is 2.04 bits per heavy atom. The van der Waals surface area contributed by atoms with Crippen molar-refractivity contribution in [2.75, 3.05) is 0 Å². The van der Waals surface area contributed by atoms with Gasteiger partial charge >= 0.3 is 0 Å². The lowest BCUT2D eigenvalue weighted by atomic mass is 9.60. The first-order valence-electron chi connectivity index (χ1n) is 9.11.